The van der Waals surface area contributed by atoms with E-state index in [1.165, 1.54) is 0 Å². The van der Waals surface area contributed by atoms with Crippen LogP contribution in [0.15, 0.2) is 0 Å². The molecule has 2 aliphatic rings. The maximum atomic E-state index is 13.5. The summed E-state index contributed by atoms with van der Waals surface area (Å²) in [5, 5.41) is 0. The van der Waals surface area contributed by atoms with Crippen LogP contribution >= 0.6 is 0 Å². The third-order valence-electron chi connectivity index (χ3n) is 5.84. The molecule has 0 bridgehead atoms. The molecule has 0 saturated heterocycles. The molecule has 0 aliphatic heterocycles. The van der Waals surface area contributed by atoms with E-state index in [0.717, 1.165) is 0 Å². The molecule has 2 fully saturated rings. The summed E-state index contributed by atoms with van der Waals surface area (Å²) in [6, 6.07) is 0. The lowest BCUT2D eigenvalue weighted by Crippen LogP contribution is -2.58. The Morgan fingerprint density at radius 1 is 0.667 bits per heavy atom. The first-order valence-corrected chi connectivity index (χ1v) is 10.3. The molecule has 0 atom stereocenters. The summed E-state index contributed by atoms with van der Waals surface area (Å²) in [5.41, 5.74) is 0. The van der Waals surface area contributed by atoms with Gasteiger partial charge in [0.05, 0.1) is 22.3 Å². The van der Waals surface area contributed by atoms with Gasteiger partial charge in [0.15, 0.2) is 9.84 Å². The van der Waals surface area contributed by atoms with Gasteiger partial charge >= 0.3 is 12.4 Å². The van der Waals surface area contributed by atoms with Gasteiger partial charge in [0.25, 0.3) is 0 Å². The minimum Gasteiger partial charge on any atom is -0.247 e. The van der Waals surface area contributed by atoms with Gasteiger partial charge in [-0.05, 0) is 51.4 Å². The van der Waals surface area contributed by atoms with Crippen molar-refractivity contribution in [2.45, 2.75) is 98.4 Å². The van der Waals surface area contributed by atoms with E-state index in [1.54, 1.807) is 0 Å². The number of hydrogen-bond donors (Lipinski definition) is 0. The van der Waals surface area contributed by atoms with Gasteiger partial charge in [-0.1, -0.05) is 0 Å². The lowest BCUT2D eigenvalue weighted by molar-refractivity contribution is -0.146. The second kappa shape index (κ2) is 7.33. The molecule has 2 nitrogen and oxygen atoms in total. The van der Waals surface area contributed by atoms with Crippen LogP contribution in [-0.2, 0) is 9.84 Å². The molecule has 0 aromatic carbocycles. The molecule has 11 heteroatoms. The van der Waals surface area contributed by atoms with Crippen LogP contribution in [0.1, 0.15) is 64.2 Å². The molecule has 0 radical (unpaired) electrons. The molecule has 0 heterocycles. The number of hydrogen-bond acceptors (Lipinski definition) is 2. The number of rotatable bonds is 4. The number of sulfone groups is 1. The van der Waals surface area contributed by atoms with Gasteiger partial charge in [-0.3, -0.25) is 0 Å². The third kappa shape index (κ3) is 4.87. The van der Waals surface area contributed by atoms with E-state index < -0.39 is 108 Å². The van der Waals surface area contributed by atoms with Gasteiger partial charge in [-0.2, -0.15) is 26.3 Å². The van der Waals surface area contributed by atoms with Crippen LogP contribution in [0, 0.1) is 0 Å². The van der Waals surface area contributed by atoms with Crippen molar-refractivity contribution >= 4 is 9.84 Å². The van der Waals surface area contributed by atoms with Gasteiger partial charge in [0.1, 0.15) is 12.3 Å². The van der Waals surface area contributed by atoms with Crippen molar-refractivity contribution in [3.05, 3.63) is 0 Å². The summed E-state index contributed by atoms with van der Waals surface area (Å²) in [5.74, 6) is 0. The Labute approximate surface area is 152 Å². The monoisotopic (exact) mass is 430 g/mol. The van der Waals surface area contributed by atoms with Crippen molar-refractivity contribution < 1.29 is 43.5 Å². The fourth-order valence-corrected chi connectivity index (χ4v) is 7.66. The van der Waals surface area contributed by atoms with Crippen LogP contribution in [0.25, 0.3) is 0 Å². The molecule has 0 aromatic rings. The zero-order valence-corrected chi connectivity index (χ0v) is 15.3. The molecule has 2 saturated carbocycles. The Balaban J connectivity index is 2.52. The van der Waals surface area contributed by atoms with Crippen molar-refractivity contribution in [2.75, 3.05) is 0 Å². The quantitative estimate of drug-likeness (QED) is 0.544. The van der Waals surface area contributed by atoms with E-state index >= 15 is 0 Å². The Morgan fingerprint density at radius 2 is 0.926 bits per heavy atom. The Morgan fingerprint density at radius 3 is 1.15 bits per heavy atom. The zero-order valence-electron chi connectivity index (χ0n) is 14.5. The lowest BCUT2D eigenvalue weighted by Gasteiger charge is -2.47. The highest BCUT2D eigenvalue weighted by molar-refractivity contribution is 7.94. The molecule has 0 N–H and O–H groups in total. The van der Waals surface area contributed by atoms with E-state index in [0.29, 0.717) is 0 Å². The molecule has 0 spiro atoms. The molecule has 0 unspecified atom stereocenters. The van der Waals surface area contributed by atoms with E-state index in [9.17, 15) is 43.5 Å². The minimum atomic E-state index is -4.99. The van der Waals surface area contributed by atoms with Crippen LogP contribution in [0.2, 0.25) is 0 Å². The summed E-state index contributed by atoms with van der Waals surface area (Å²) in [6.07, 6.45) is -21.0. The smallest absolute Gasteiger partial charge is 0.247 e. The maximum Gasteiger partial charge on any atom is 0.390 e. The van der Waals surface area contributed by atoms with Gasteiger partial charge in [0, 0.05) is 0 Å². The standard InChI is InChI=1S/C16H22F8O2S/c17-11-1-5-13(6-2-11,9-15(19,20)21)27(25,26)14(10-16(22,23)24)7-3-12(18)4-8-14/h11-12H,1-10H2. The van der Waals surface area contributed by atoms with Crippen LogP contribution in [0.4, 0.5) is 35.1 Å². The largest absolute Gasteiger partial charge is 0.390 e. The summed E-state index contributed by atoms with van der Waals surface area (Å²) >= 11 is 0. The average molecular weight is 430 g/mol. The molecule has 2 rings (SSSR count). The zero-order chi connectivity index (χ0) is 20.7. The third-order valence-corrected chi connectivity index (χ3v) is 9.22. The van der Waals surface area contributed by atoms with E-state index in [-0.39, 0.29) is 0 Å². The second-order valence-electron chi connectivity index (χ2n) is 7.80. The van der Waals surface area contributed by atoms with Gasteiger partial charge in [-0.25, -0.2) is 17.2 Å². The number of alkyl halides is 8. The van der Waals surface area contributed by atoms with Crippen molar-refractivity contribution in [3.63, 3.8) is 0 Å². The van der Waals surface area contributed by atoms with Crippen molar-refractivity contribution in [2.24, 2.45) is 0 Å². The Kier molecular flexibility index (Phi) is 6.16. The molecule has 0 aromatic heterocycles. The normalized spacial score (nSPS) is 36.6. The first kappa shape index (κ1) is 22.7. The topological polar surface area (TPSA) is 34.1 Å². The first-order chi connectivity index (χ1) is 12.1. The van der Waals surface area contributed by atoms with Crippen molar-refractivity contribution in [1.82, 2.24) is 0 Å². The fourth-order valence-electron chi connectivity index (χ4n) is 4.49. The average Bonchev–Trinajstić information content (AvgIpc) is 2.49. The van der Waals surface area contributed by atoms with Crippen LogP contribution < -0.4 is 0 Å². The highest BCUT2D eigenvalue weighted by Crippen LogP contribution is 2.54. The molecule has 160 valence electrons. The summed E-state index contributed by atoms with van der Waals surface area (Å²) < 4.78 is 128. The Bertz CT molecular complexity index is 561. The van der Waals surface area contributed by atoms with E-state index in [4.69, 9.17) is 0 Å². The SMILES string of the molecule is O=S(=O)(C1(CC(F)(F)F)CCC(F)CC1)C1(CC(F)(F)F)CCC(F)CC1. The van der Waals surface area contributed by atoms with Gasteiger partial charge in [0.2, 0.25) is 0 Å². The highest BCUT2D eigenvalue weighted by Gasteiger charge is 2.63. The fraction of sp³-hybridized carbons (Fsp3) is 1.00. The Hall–Kier alpha value is -0.610. The molecule has 0 amide bonds. The van der Waals surface area contributed by atoms with Crippen LogP contribution in [0.3, 0.4) is 0 Å². The van der Waals surface area contributed by atoms with Crippen molar-refractivity contribution in [1.29, 1.82) is 0 Å². The predicted molar refractivity (Wildman–Crippen MR) is 82.5 cm³/mol. The highest BCUT2D eigenvalue weighted by atomic mass is 32.2. The van der Waals surface area contributed by atoms with Gasteiger partial charge in [-0.15, -0.1) is 0 Å². The summed E-state index contributed by atoms with van der Waals surface area (Å²) in [7, 11) is -4.99. The van der Waals surface area contributed by atoms with Crippen LogP contribution in [0.5, 0.6) is 0 Å². The summed E-state index contributed by atoms with van der Waals surface area (Å²) in [4.78, 5) is 0. The molecular weight excluding hydrogens is 408 g/mol. The second-order valence-corrected chi connectivity index (χ2v) is 10.5. The van der Waals surface area contributed by atoms with E-state index in [1.807, 2.05) is 0 Å². The summed E-state index contributed by atoms with van der Waals surface area (Å²) in [6.45, 7) is 0. The molecular formula is C16H22F8O2S. The first-order valence-electron chi connectivity index (χ1n) is 8.77. The minimum absolute atomic E-state index is 0.455. The molecule has 2 aliphatic carbocycles. The number of halogens is 8. The molecule has 27 heavy (non-hydrogen) atoms. The van der Waals surface area contributed by atoms with Crippen molar-refractivity contribution in [3.8, 4) is 0 Å². The van der Waals surface area contributed by atoms with Crippen LogP contribution in [-0.4, -0.2) is 42.6 Å². The lowest BCUT2D eigenvalue weighted by atomic mass is 9.83. The van der Waals surface area contributed by atoms with Gasteiger partial charge < -0.3 is 0 Å². The maximum absolute atomic E-state index is 13.5. The van der Waals surface area contributed by atoms with E-state index in [2.05, 4.69) is 0 Å². The predicted octanol–water partition coefficient (Wildman–Crippen LogP) is 5.61.